The summed E-state index contributed by atoms with van der Waals surface area (Å²) in [6, 6.07) is 15.1. The van der Waals surface area contributed by atoms with E-state index in [0.29, 0.717) is 11.3 Å². The van der Waals surface area contributed by atoms with Crippen molar-refractivity contribution in [2.45, 2.75) is 18.2 Å². The number of ether oxygens (including phenoxy) is 1. The van der Waals surface area contributed by atoms with E-state index in [-0.39, 0.29) is 23.5 Å². The van der Waals surface area contributed by atoms with Gasteiger partial charge in [-0.1, -0.05) is 30.3 Å². The summed E-state index contributed by atoms with van der Waals surface area (Å²) in [5.74, 6) is -0.173. The van der Waals surface area contributed by atoms with Gasteiger partial charge >= 0.3 is 0 Å². The molecule has 2 aromatic rings. The first-order chi connectivity index (χ1) is 12.9. The van der Waals surface area contributed by atoms with Crippen molar-refractivity contribution in [3.63, 3.8) is 0 Å². The highest BCUT2D eigenvalue weighted by molar-refractivity contribution is 7.93. The second kappa shape index (κ2) is 9.05. The number of methoxy groups -OCH3 is 1. The predicted octanol–water partition coefficient (Wildman–Crippen LogP) is 2.23. The average molecular weight is 387 g/mol. The van der Waals surface area contributed by atoms with E-state index >= 15 is 0 Å². The predicted molar refractivity (Wildman–Crippen MR) is 102 cm³/mol. The van der Waals surface area contributed by atoms with Crippen LogP contribution < -0.4 is 14.4 Å². The summed E-state index contributed by atoms with van der Waals surface area (Å²) in [5.41, 5.74) is 0.834. The van der Waals surface area contributed by atoms with E-state index < -0.39 is 22.5 Å². The normalized spacial score (nSPS) is 10.7. The van der Waals surface area contributed by atoms with Crippen molar-refractivity contribution in [1.82, 2.24) is 5.32 Å². The van der Waals surface area contributed by atoms with Crippen molar-refractivity contribution in [2.75, 3.05) is 24.5 Å². The van der Waals surface area contributed by atoms with Crippen molar-refractivity contribution < 1.29 is 17.9 Å². The molecular formula is C19H21N3O4S. The smallest absolute Gasteiger partial charge is 0.265 e. The van der Waals surface area contributed by atoms with E-state index in [9.17, 15) is 13.2 Å². The van der Waals surface area contributed by atoms with Gasteiger partial charge in [0.2, 0.25) is 5.91 Å². The summed E-state index contributed by atoms with van der Waals surface area (Å²) in [4.78, 5) is 12.4. The lowest BCUT2D eigenvalue weighted by Crippen LogP contribution is -2.41. The molecule has 2 rings (SSSR count). The fraction of sp³-hybridized carbons (Fsp3) is 0.263. The third kappa shape index (κ3) is 4.77. The first kappa shape index (κ1) is 20.3. The van der Waals surface area contributed by atoms with Gasteiger partial charge in [-0.3, -0.25) is 9.10 Å². The van der Waals surface area contributed by atoms with Crippen LogP contribution in [0.5, 0.6) is 5.75 Å². The Morgan fingerprint density at radius 3 is 2.52 bits per heavy atom. The van der Waals surface area contributed by atoms with Crippen LogP contribution in [0.4, 0.5) is 5.69 Å². The summed E-state index contributed by atoms with van der Waals surface area (Å²) in [6.45, 7) is 1.42. The van der Waals surface area contributed by atoms with Gasteiger partial charge in [-0.15, -0.1) is 0 Å². The summed E-state index contributed by atoms with van der Waals surface area (Å²) in [6.07, 6.45) is 0.144. The van der Waals surface area contributed by atoms with Crippen molar-refractivity contribution in [3.05, 3.63) is 54.1 Å². The van der Waals surface area contributed by atoms with E-state index in [4.69, 9.17) is 10.00 Å². The van der Waals surface area contributed by atoms with Crippen LogP contribution >= 0.6 is 0 Å². The van der Waals surface area contributed by atoms with E-state index in [1.807, 2.05) is 6.07 Å². The highest BCUT2D eigenvalue weighted by Crippen LogP contribution is 2.32. The van der Waals surface area contributed by atoms with E-state index in [1.54, 1.807) is 49.4 Å². The van der Waals surface area contributed by atoms with Gasteiger partial charge in [-0.05, 0) is 30.7 Å². The van der Waals surface area contributed by atoms with Crippen LogP contribution in [0.25, 0.3) is 0 Å². The maximum atomic E-state index is 13.3. The molecule has 1 amide bonds. The van der Waals surface area contributed by atoms with Gasteiger partial charge < -0.3 is 10.1 Å². The van der Waals surface area contributed by atoms with Crippen molar-refractivity contribution in [1.29, 1.82) is 5.26 Å². The molecule has 0 radical (unpaired) electrons. The molecule has 0 bridgehead atoms. The topological polar surface area (TPSA) is 99.5 Å². The summed E-state index contributed by atoms with van der Waals surface area (Å²) >= 11 is 0. The first-order valence-electron chi connectivity index (χ1n) is 8.27. The standard InChI is InChI=1S/C19H21N3O4S/c1-15-8-3-6-11-18(15)27(24,25)22(14-19(23)21-13-7-12-20)16-9-4-5-10-17(16)26-2/h3-6,8-11H,7,13-14H2,1-2H3,(H,21,23). The van der Waals surface area contributed by atoms with Gasteiger partial charge in [0.1, 0.15) is 12.3 Å². The highest BCUT2D eigenvalue weighted by atomic mass is 32.2. The molecule has 0 aromatic heterocycles. The Morgan fingerprint density at radius 1 is 1.19 bits per heavy atom. The first-order valence-corrected chi connectivity index (χ1v) is 9.71. The van der Waals surface area contributed by atoms with Crippen molar-refractivity contribution in [3.8, 4) is 11.8 Å². The van der Waals surface area contributed by atoms with Gasteiger partial charge in [0.15, 0.2) is 0 Å². The van der Waals surface area contributed by atoms with E-state index in [0.717, 1.165) is 4.31 Å². The van der Waals surface area contributed by atoms with Crippen LogP contribution in [0.2, 0.25) is 0 Å². The number of nitriles is 1. The van der Waals surface area contributed by atoms with E-state index in [2.05, 4.69) is 5.32 Å². The minimum atomic E-state index is -4.02. The van der Waals surface area contributed by atoms with Crippen molar-refractivity contribution in [2.24, 2.45) is 0 Å². The molecule has 0 fully saturated rings. The lowest BCUT2D eigenvalue weighted by molar-refractivity contribution is -0.119. The number of nitrogens with one attached hydrogen (secondary N) is 1. The summed E-state index contributed by atoms with van der Waals surface area (Å²) < 4.78 is 33.0. The number of carbonyl (C=O) groups is 1. The lowest BCUT2D eigenvalue weighted by atomic mass is 10.2. The fourth-order valence-electron chi connectivity index (χ4n) is 2.54. The largest absolute Gasteiger partial charge is 0.495 e. The molecular weight excluding hydrogens is 366 g/mol. The Kier molecular flexibility index (Phi) is 6.79. The van der Waals surface area contributed by atoms with Gasteiger partial charge in [-0.2, -0.15) is 5.26 Å². The molecule has 0 saturated carbocycles. The van der Waals surface area contributed by atoms with Gasteiger partial charge in [0.25, 0.3) is 10.0 Å². The molecule has 0 saturated heterocycles. The molecule has 2 aromatic carbocycles. The third-order valence-corrected chi connectivity index (χ3v) is 5.78. The molecule has 142 valence electrons. The number of aryl methyl sites for hydroxylation is 1. The third-order valence-electron chi connectivity index (χ3n) is 3.86. The molecule has 0 aliphatic rings. The van der Waals surface area contributed by atoms with Crippen LogP contribution in [0.3, 0.4) is 0 Å². The van der Waals surface area contributed by atoms with Gasteiger partial charge in [0.05, 0.1) is 30.2 Å². The summed E-state index contributed by atoms with van der Waals surface area (Å²) in [7, 11) is -2.58. The quantitative estimate of drug-likeness (QED) is 0.700. The fourth-order valence-corrected chi connectivity index (χ4v) is 4.20. The molecule has 27 heavy (non-hydrogen) atoms. The molecule has 8 heteroatoms. The molecule has 1 N–H and O–H groups in total. The zero-order valence-electron chi connectivity index (χ0n) is 15.2. The van der Waals surface area contributed by atoms with Gasteiger partial charge in [-0.25, -0.2) is 8.42 Å². The minimum Gasteiger partial charge on any atom is -0.495 e. The second-order valence-electron chi connectivity index (χ2n) is 5.71. The lowest BCUT2D eigenvalue weighted by Gasteiger charge is -2.26. The van der Waals surface area contributed by atoms with Crippen LogP contribution in [-0.4, -0.2) is 34.5 Å². The molecule has 0 aliphatic carbocycles. The molecule has 0 spiro atoms. The number of anilines is 1. The number of sulfonamides is 1. The Hall–Kier alpha value is -3.05. The molecule has 7 nitrogen and oxygen atoms in total. The second-order valence-corrected chi connectivity index (χ2v) is 7.54. The number of carbonyl (C=O) groups excluding carboxylic acids is 1. The van der Waals surface area contributed by atoms with E-state index in [1.165, 1.54) is 13.2 Å². The highest BCUT2D eigenvalue weighted by Gasteiger charge is 2.30. The number of benzene rings is 2. The Balaban J connectivity index is 2.48. The van der Waals surface area contributed by atoms with Gasteiger partial charge in [0, 0.05) is 6.54 Å². The molecule has 0 atom stereocenters. The van der Waals surface area contributed by atoms with Crippen molar-refractivity contribution >= 4 is 21.6 Å². The molecule has 0 unspecified atom stereocenters. The zero-order chi connectivity index (χ0) is 19.9. The number of nitrogens with zero attached hydrogens (tertiary/aromatic N) is 2. The number of para-hydroxylation sites is 2. The monoisotopic (exact) mass is 387 g/mol. The molecule has 0 aliphatic heterocycles. The zero-order valence-corrected chi connectivity index (χ0v) is 16.0. The average Bonchev–Trinajstić information content (AvgIpc) is 2.66. The number of hydrogen-bond donors (Lipinski definition) is 1. The Morgan fingerprint density at radius 2 is 1.85 bits per heavy atom. The van der Waals surface area contributed by atoms with Crippen LogP contribution in [0.1, 0.15) is 12.0 Å². The number of amides is 1. The SMILES string of the molecule is COc1ccccc1N(CC(=O)NCCC#N)S(=O)(=O)c1ccccc1C. The van der Waals surface area contributed by atoms with Crippen LogP contribution in [0, 0.1) is 18.3 Å². The van der Waals surface area contributed by atoms with Crippen LogP contribution in [-0.2, 0) is 14.8 Å². The number of rotatable bonds is 8. The Labute approximate surface area is 159 Å². The number of hydrogen-bond acceptors (Lipinski definition) is 5. The maximum absolute atomic E-state index is 13.3. The maximum Gasteiger partial charge on any atom is 0.265 e. The molecule has 0 heterocycles. The summed E-state index contributed by atoms with van der Waals surface area (Å²) in [5, 5.41) is 11.1. The minimum absolute atomic E-state index is 0.112. The van der Waals surface area contributed by atoms with Crippen LogP contribution in [0.15, 0.2) is 53.4 Å². The Bertz CT molecular complexity index is 951.